The predicted octanol–water partition coefficient (Wildman–Crippen LogP) is 13.7. The standard InChI is InChI=1S/C10H18O2.C2H6.CH2S.15CH4/c1-4-5-6-9(2)7-8-12-10(3)11;2*1-2;;;;;;;;;;;;;;;/h4,9H,1,5-8H2,2-3H3;1-2H3;1H2;15*1H4. The van der Waals surface area contributed by atoms with E-state index in [1.54, 1.807) is 0 Å². The van der Waals surface area contributed by atoms with Gasteiger partial charge in [0.25, 0.3) is 0 Å². The number of carbonyl (C=O) groups excluding carboxylic acids is 1. The number of thiocarbonyl (C=S) groups is 1. The molecule has 0 aromatic rings. The van der Waals surface area contributed by atoms with Crippen LogP contribution in [0.15, 0.2) is 12.7 Å². The summed E-state index contributed by atoms with van der Waals surface area (Å²) in [6, 6.07) is 0. The molecule has 0 rings (SSSR count). The largest absolute Gasteiger partial charge is 0.466 e. The summed E-state index contributed by atoms with van der Waals surface area (Å²) >= 11 is 3.83. The summed E-state index contributed by atoms with van der Waals surface area (Å²) in [5, 5.41) is 0. The lowest BCUT2D eigenvalue weighted by Gasteiger charge is -2.08. The molecule has 0 amide bonds. The van der Waals surface area contributed by atoms with Crippen LogP contribution in [-0.2, 0) is 9.53 Å². The van der Waals surface area contributed by atoms with Crippen molar-refractivity contribution >= 4 is 24.1 Å². The van der Waals surface area contributed by atoms with Gasteiger partial charge in [-0.25, -0.2) is 0 Å². The second kappa shape index (κ2) is 184. The van der Waals surface area contributed by atoms with Crippen LogP contribution in [0.3, 0.4) is 0 Å². The van der Waals surface area contributed by atoms with Crippen LogP contribution in [0.5, 0.6) is 0 Å². The van der Waals surface area contributed by atoms with E-state index < -0.39 is 0 Å². The zero-order chi connectivity index (χ0) is 13.4. The van der Waals surface area contributed by atoms with Crippen molar-refractivity contribution in [1.29, 1.82) is 0 Å². The second-order valence-electron chi connectivity index (χ2n) is 3.10. The molecule has 0 fully saturated rings. The van der Waals surface area contributed by atoms with Crippen molar-refractivity contribution < 1.29 is 9.53 Å². The lowest BCUT2D eigenvalue weighted by molar-refractivity contribution is -0.141. The molecule has 0 aromatic heterocycles. The summed E-state index contributed by atoms with van der Waals surface area (Å²) in [5.74, 6) is 3.26. The monoisotopic (exact) mass is 487 g/mol. The maximum atomic E-state index is 10.4. The lowest BCUT2D eigenvalue weighted by atomic mass is 10.0. The Balaban J connectivity index is -0.00000000526. The Morgan fingerprint density at radius 3 is 1.19 bits per heavy atom. The highest BCUT2D eigenvalue weighted by atomic mass is 32.1. The molecule has 0 saturated carbocycles. The molecule has 1 unspecified atom stereocenters. The lowest BCUT2D eigenvalue weighted by Crippen LogP contribution is -2.05. The molecular formula is C28H86O2S. The van der Waals surface area contributed by atoms with E-state index in [9.17, 15) is 4.79 Å². The normalized spacial score (nSPS) is 5.03. The summed E-state index contributed by atoms with van der Waals surface area (Å²) in [7, 11) is 0. The van der Waals surface area contributed by atoms with E-state index in [-0.39, 0.29) is 117 Å². The molecule has 0 N–H and O–H groups in total. The highest BCUT2D eigenvalue weighted by Crippen LogP contribution is 2.10. The number of hydrogen-bond donors (Lipinski definition) is 0. The minimum Gasteiger partial charge on any atom is -0.466 e. The molecule has 0 aliphatic heterocycles. The van der Waals surface area contributed by atoms with Crippen molar-refractivity contribution in [3.05, 3.63) is 12.7 Å². The van der Waals surface area contributed by atoms with Gasteiger partial charge >= 0.3 is 5.97 Å². The van der Waals surface area contributed by atoms with Gasteiger partial charge in [0, 0.05) is 6.92 Å². The van der Waals surface area contributed by atoms with Crippen molar-refractivity contribution in [2.45, 2.75) is 158 Å². The summed E-state index contributed by atoms with van der Waals surface area (Å²) in [4.78, 5) is 10.4. The van der Waals surface area contributed by atoms with Crippen molar-refractivity contribution in [2.24, 2.45) is 5.92 Å². The molecule has 3 heteroatoms. The van der Waals surface area contributed by atoms with Crippen LogP contribution in [0.1, 0.15) is 158 Å². The van der Waals surface area contributed by atoms with E-state index in [1.165, 1.54) is 6.92 Å². The molecule has 0 aliphatic rings. The third-order valence-corrected chi connectivity index (χ3v) is 1.78. The maximum absolute atomic E-state index is 10.4. The fourth-order valence-corrected chi connectivity index (χ4v) is 0.951. The van der Waals surface area contributed by atoms with E-state index >= 15 is 0 Å². The van der Waals surface area contributed by atoms with Gasteiger partial charge in [0.1, 0.15) is 0 Å². The second-order valence-corrected chi connectivity index (χ2v) is 3.10. The van der Waals surface area contributed by atoms with Crippen molar-refractivity contribution in [2.75, 3.05) is 6.61 Å². The SMILES string of the molecule is C.C.C.C.C.C.C.C.C.C.C.C.C.C.C.C=CCCC(C)CCOC(C)=O.C=S.CC. The number of ether oxygens (including phenoxy) is 1. The van der Waals surface area contributed by atoms with Crippen LogP contribution in [0.25, 0.3) is 0 Å². The van der Waals surface area contributed by atoms with Gasteiger partial charge in [0.2, 0.25) is 0 Å². The van der Waals surface area contributed by atoms with Crippen LogP contribution in [-0.4, -0.2) is 18.4 Å². The van der Waals surface area contributed by atoms with E-state index in [4.69, 9.17) is 4.74 Å². The van der Waals surface area contributed by atoms with Gasteiger partial charge in [-0.2, -0.15) is 0 Å². The maximum Gasteiger partial charge on any atom is 0.302 e. The molecule has 1 atom stereocenters. The number of rotatable bonds is 6. The summed E-state index contributed by atoms with van der Waals surface area (Å²) in [6.45, 7) is 11.8. The first-order valence-electron chi connectivity index (χ1n) is 5.70. The molecule has 216 valence electrons. The molecule has 0 bridgehead atoms. The van der Waals surface area contributed by atoms with Crippen molar-refractivity contribution in [3.8, 4) is 0 Å². The molecule has 31 heavy (non-hydrogen) atoms. The quantitative estimate of drug-likeness (QED) is 0.212. The van der Waals surface area contributed by atoms with Gasteiger partial charge in [-0.15, -0.1) is 6.58 Å². The third kappa shape index (κ3) is 252. The molecule has 2 nitrogen and oxygen atoms in total. The molecule has 0 heterocycles. The van der Waals surface area contributed by atoms with Crippen LogP contribution in [0, 0.1) is 5.92 Å². The van der Waals surface area contributed by atoms with Crippen LogP contribution in [0.2, 0.25) is 0 Å². The van der Waals surface area contributed by atoms with Crippen molar-refractivity contribution in [1.82, 2.24) is 0 Å². The van der Waals surface area contributed by atoms with Gasteiger partial charge in [0.15, 0.2) is 0 Å². The van der Waals surface area contributed by atoms with Gasteiger partial charge < -0.3 is 4.74 Å². The first kappa shape index (κ1) is 172. The Morgan fingerprint density at radius 2 is 1.00 bits per heavy atom. The molecule has 0 aliphatic carbocycles. The highest BCUT2D eigenvalue weighted by Gasteiger charge is 2.01. The Hall–Kier alpha value is -0.700. The summed E-state index contributed by atoms with van der Waals surface area (Å²) < 4.78 is 4.83. The fourth-order valence-electron chi connectivity index (χ4n) is 0.951. The smallest absolute Gasteiger partial charge is 0.302 e. The van der Waals surface area contributed by atoms with E-state index in [0.29, 0.717) is 12.5 Å². The Bertz CT molecular complexity index is 161. The van der Waals surface area contributed by atoms with Gasteiger partial charge in [0.05, 0.1) is 6.61 Å². The number of esters is 1. The average Bonchev–Trinajstić information content (AvgIpc) is 2.31. The number of allylic oxidation sites excluding steroid dienone is 1. The third-order valence-electron chi connectivity index (χ3n) is 1.78. The Kier molecular flexibility index (Phi) is 1020. The van der Waals surface area contributed by atoms with Gasteiger partial charge in [-0.05, 0) is 31.1 Å². The number of hydrogen-bond acceptors (Lipinski definition) is 3. The van der Waals surface area contributed by atoms with Crippen molar-refractivity contribution in [3.63, 3.8) is 0 Å². The molecule has 0 spiro atoms. The summed E-state index contributed by atoms with van der Waals surface area (Å²) in [6.07, 6.45) is 5.04. The Morgan fingerprint density at radius 1 is 0.742 bits per heavy atom. The topological polar surface area (TPSA) is 26.3 Å². The first-order valence-corrected chi connectivity index (χ1v) is 6.27. The molecule has 0 saturated heterocycles. The molecule has 0 radical (unpaired) electrons. The minimum atomic E-state index is -0.189. The minimum absolute atomic E-state index is 0. The van der Waals surface area contributed by atoms with Crippen LogP contribution < -0.4 is 0 Å². The molecule has 0 aromatic carbocycles. The number of carbonyl (C=O) groups is 1. The average molecular weight is 487 g/mol. The highest BCUT2D eigenvalue weighted by molar-refractivity contribution is 7.77. The molecular weight excluding hydrogens is 400 g/mol. The van der Waals surface area contributed by atoms with Gasteiger partial charge in [-0.3, -0.25) is 4.79 Å². The van der Waals surface area contributed by atoms with E-state index in [0.717, 1.165) is 19.3 Å². The van der Waals surface area contributed by atoms with Crippen LogP contribution >= 0.6 is 12.2 Å². The zero-order valence-corrected chi connectivity index (χ0v) is 11.9. The Labute approximate surface area is 217 Å². The first-order chi connectivity index (χ1) is 7.66. The van der Waals surface area contributed by atoms with E-state index in [2.05, 4.69) is 31.6 Å². The van der Waals surface area contributed by atoms with Gasteiger partial charge in [-0.1, -0.05) is 150 Å². The van der Waals surface area contributed by atoms with E-state index in [1.807, 2.05) is 19.9 Å². The zero-order valence-electron chi connectivity index (χ0n) is 11.1. The summed E-state index contributed by atoms with van der Waals surface area (Å²) in [5.41, 5.74) is 0. The van der Waals surface area contributed by atoms with Crippen LogP contribution in [0.4, 0.5) is 0 Å². The fraction of sp³-hybridized carbons (Fsp3) is 0.857. The predicted molar refractivity (Wildman–Crippen MR) is 177 cm³/mol.